The Hall–Kier alpha value is -3.42. The van der Waals surface area contributed by atoms with Crippen molar-refractivity contribution >= 4 is 11.7 Å². The lowest BCUT2D eigenvalue weighted by Crippen LogP contribution is -2.60. The number of aliphatic hydroxyl groups excluding tert-OH is 4. The fourth-order valence-electron chi connectivity index (χ4n) is 4.94. The molecular weight excluding hydrogens is 502 g/mol. The lowest BCUT2D eigenvalue weighted by Gasteiger charge is -2.39. The molecule has 38 heavy (non-hydrogen) atoms. The molecule has 2 aliphatic heterocycles. The zero-order valence-corrected chi connectivity index (χ0v) is 20.4. The molecule has 0 saturated carbocycles. The molecule has 0 bridgehead atoms. The summed E-state index contributed by atoms with van der Waals surface area (Å²) in [5.41, 5.74) is 1.30. The third-order valence-corrected chi connectivity index (χ3v) is 6.92. The van der Waals surface area contributed by atoms with Gasteiger partial charge in [-0.3, -0.25) is 0 Å². The number of phenols is 3. The third kappa shape index (κ3) is 5.69. The van der Waals surface area contributed by atoms with Gasteiger partial charge in [-0.15, -0.1) is 0 Å². The number of rotatable bonds is 8. The number of nitrogens with zero attached hydrogens (tertiary/aromatic N) is 1. The molecular formula is C26H32NO11+. The van der Waals surface area contributed by atoms with Crippen LogP contribution in [-0.4, -0.2) is 107 Å². The summed E-state index contributed by atoms with van der Waals surface area (Å²) in [5.74, 6) is -1.92. The number of carbonyl (C=O) groups is 1. The van der Waals surface area contributed by atoms with Crippen molar-refractivity contribution in [1.82, 2.24) is 0 Å². The number of hydrogen-bond acceptors (Lipinski definition) is 10. The molecule has 12 nitrogen and oxygen atoms in total. The van der Waals surface area contributed by atoms with Gasteiger partial charge in [-0.05, 0) is 24.1 Å². The summed E-state index contributed by atoms with van der Waals surface area (Å²) < 4.78 is 12.9. The van der Waals surface area contributed by atoms with E-state index in [4.69, 9.17) is 9.47 Å². The number of carboxylic acids is 1. The molecule has 206 valence electrons. The van der Waals surface area contributed by atoms with Crippen LogP contribution in [0.5, 0.6) is 23.0 Å². The highest BCUT2D eigenvalue weighted by molar-refractivity contribution is 6.02. The molecule has 2 saturated heterocycles. The van der Waals surface area contributed by atoms with Crippen LogP contribution in [0.3, 0.4) is 0 Å². The van der Waals surface area contributed by atoms with Gasteiger partial charge in [-0.1, -0.05) is 12.1 Å². The first kappa shape index (κ1) is 27.6. The molecule has 2 aliphatic rings. The minimum Gasteiger partial charge on any atom is -0.508 e. The Balaban J connectivity index is 1.77. The number of aryl methyl sites for hydroxylation is 1. The molecule has 2 aromatic rings. The molecule has 0 unspecified atom stereocenters. The van der Waals surface area contributed by atoms with Crippen molar-refractivity contribution in [3.63, 3.8) is 0 Å². The van der Waals surface area contributed by atoms with E-state index in [0.29, 0.717) is 31.5 Å². The van der Waals surface area contributed by atoms with E-state index < -0.39 is 55.1 Å². The predicted octanol–water partition coefficient (Wildman–Crippen LogP) is -0.337. The van der Waals surface area contributed by atoms with E-state index in [1.807, 2.05) is 0 Å². The van der Waals surface area contributed by atoms with Crippen molar-refractivity contribution < 1.29 is 59.7 Å². The Labute approximate surface area is 217 Å². The van der Waals surface area contributed by atoms with E-state index in [1.165, 1.54) is 12.1 Å². The molecule has 8 N–H and O–H groups in total. The average Bonchev–Trinajstić information content (AvgIpc) is 3.37. The summed E-state index contributed by atoms with van der Waals surface area (Å²) in [7, 11) is 0. The second-order valence-electron chi connectivity index (χ2n) is 9.46. The third-order valence-electron chi connectivity index (χ3n) is 6.92. The fraction of sp³-hybridized carbons (Fsp3) is 0.462. The normalized spacial score (nSPS) is 28.7. The Morgan fingerprint density at radius 3 is 2.37 bits per heavy atom. The quantitative estimate of drug-likeness (QED) is 0.206. The number of hydrogen-bond donors (Lipinski definition) is 8. The Bertz CT molecular complexity index is 1180. The summed E-state index contributed by atoms with van der Waals surface area (Å²) in [6.07, 6.45) is -6.33. The van der Waals surface area contributed by atoms with Crippen LogP contribution in [-0.2, 0) is 16.0 Å². The molecule has 12 heteroatoms. The van der Waals surface area contributed by atoms with E-state index in [9.17, 15) is 45.6 Å². The van der Waals surface area contributed by atoms with Crippen LogP contribution < -0.4 is 4.74 Å². The molecule has 6 atom stereocenters. The number of aliphatic carboxylic acids is 1. The second kappa shape index (κ2) is 11.5. The smallest absolute Gasteiger partial charge is 0.372 e. The summed E-state index contributed by atoms with van der Waals surface area (Å²) in [6.45, 7) is -0.303. The highest BCUT2D eigenvalue weighted by Crippen LogP contribution is 2.37. The van der Waals surface area contributed by atoms with Crippen molar-refractivity contribution in [2.45, 2.75) is 62.4 Å². The van der Waals surface area contributed by atoms with Gasteiger partial charge in [-0.2, -0.15) is 0 Å². The predicted molar refractivity (Wildman–Crippen MR) is 130 cm³/mol. The van der Waals surface area contributed by atoms with E-state index in [1.54, 1.807) is 16.7 Å². The molecule has 2 heterocycles. The van der Waals surface area contributed by atoms with Crippen molar-refractivity contribution in [3.05, 3.63) is 47.5 Å². The van der Waals surface area contributed by atoms with Gasteiger partial charge in [0.25, 0.3) is 0 Å². The van der Waals surface area contributed by atoms with Crippen LogP contribution in [0.4, 0.5) is 0 Å². The van der Waals surface area contributed by atoms with Crippen molar-refractivity contribution in [2.24, 2.45) is 0 Å². The fourth-order valence-corrected chi connectivity index (χ4v) is 4.94. The highest BCUT2D eigenvalue weighted by atomic mass is 16.7. The lowest BCUT2D eigenvalue weighted by atomic mass is 9.98. The van der Waals surface area contributed by atoms with Gasteiger partial charge < -0.3 is 50.3 Å². The molecule has 0 radical (unpaired) electrons. The first-order valence-electron chi connectivity index (χ1n) is 12.3. The number of benzene rings is 2. The van der Waals surface area contributed by atoms with Crippen LogP contribution in [0.25, 0.3) is 0 Å². The molecule has 4 rings (SSSR count). The largest absolute Gasteiger partial charge is 0.508 e. The average molecular weight is 535 g/mol. The minimum absolute atomic E-state index is 0.0617. The number of carboxylic acid groups (broad SMARTS) is 1. The van der Waals surface area contributed by atoms with Crippen LogP contribution in [0.15, 0.2) is 36.4 Å². The van der Waals surface area contributed by atoms with Gasteiger partial charge in [0.05, 0.1) is 6.61 Å². The Kier molecular flexibility index (Phi) is 8.38. The summed E-state index contributed by atoms with van der Waals surface area (Å²) in [6, 6.07) is 7.83. The number of aliphatic hydroxyl groups is 4. The topological polar surface area (TPSA) is 200 Å². The molecule has 0 spiro atoms. The SMILES string of the molecule is O=C(O)[C@@H]1CCC[N+]1=C(CCc1ccc(O)cc1)c1c(O)cc(O)cc1O[C@@H]1O[C@H](CO)[C@@H](O)[C@H](O)[C@H]1O. The maximum Gasteiger partial charge on any atom is 0.372 e. The zero-order valence-electron chi connectivity index (χ0n) is 20.4. The van der Waals surface area contributed by atoms with E-state index >= 15 is 0 Å². The van der Waals surface area contributed by atoms with Gasteiger partial charge in [-0.25, -0.2) is 9.37 Å². The van der Waals surface area contributed by atoms with Crippen LogP contribution in [0.2, 0.25) is 0 Å². The molecule has 0 aliphatic carbocycles. The molecule has 0 amide bonds. The van der Waals surface area contributed by atoms with Gasteiger partial charge in [0.15, 0.2) is 5.71 Å². The van der Waals surface area contributed by atoms with E-state index in [-0.39, 0.29) is 29.2 Å². The summed E-state index contributed by atoms with van der Waals surface area (Å²) in [5, 5.41) is 80.8. The Morgan fingerprint density at radius 2 is 1.71 bits per heavy atom. The van der Waals surface area contributed by atoms with Crippen LogP contribution in [0.1, 0.15) is 30.4 Å². The van der Waals surface area contributed by atoms with Crippen LogP contribution in [0, 0.1) is 0 Å². The van der Waals surface area contributed by atoms with E-state index in [2.05, 4.69) is 0 Å². The van der Waals surface area contributed by atoms with Gasteiger partial charge in [0.2, 0.25) is 12.3 Å². The Morgan fingerprint density at radius 1 is 1.00 bits per heavy atom. The lowest BCUT2D eigenvalue weighted by molar-refractivity contribution is -0.533. The number of phenolic OH excluding ortho intramolecular Hbond substituents is 3. The molecule has 2 aromatic carbocycles. The minimum atomic E-state index is -1.75. The van der Waals surface area contributed by atoms with Gasteiger partial charge in [0, 0.05) is 31.4 Å². The first-order valence-corrected chi connectivity index (χ1v) is 12.3. The first-order chi connectivity index (χ1) is 18.1. The number of aromatic hydroxyl groups is 3. The molecule has 2 fully saturated rings. The zero-order chi connectivity index (χ0) is 27.6. The monoisotopic (exact) mass is 534 g/mol. The van der Waals surface area contributed by atoms with Crippen molar-refractivity contribution in [3.8, 4) is 23.0 Å². The van der Waals surface area contributed by atoms with Gasteiger partial charge in [0.1, 0.15) is 59.5 Å². The van der Waals surface area contributed by atoms with E-state index in [0.717, 1.165) is 17.7 Å². The van der Waals surface area contributed by atoms with Crippen LogP contribution >= 0.6 is 0 Å². The summed E-state index contributed by atoms with van der Waals surface area (Å²) >= 11 is 0. The van der Waals surface area contributed by atoms with Crippen molar-refractivity contribution in [2.75, 3.05) is 13.2 Å². The maximum absolute atomic E-state index is 12.0. The molecule has 0 aromatic heterocycles. The van der Waals surface area contributed by atoms with Crippen molar-refractivity contribution in [1.29, 1.82) is 0 Å². The van der Waals surface area contributed by atoms with Gasteiger partial charge >= 0.3 is 5.97 Å². The maximum atomic E-state index is 12.0. The highest BCUT2D eigenvalue weighted by Gasteiger charge is 2.45. The second-order valence-corrected chi connectivity index (χ2v) is 9.46. The standard InChI is InChI=1S/C26H31NO11/c28-12-20-22(32)23(33)24(34)26(38-20)37-19-11-15(30)10-18(31)21(19)16(27-9-1-2-17(27)25(35)36)8-5-13-3-6-14(29)7-4-13/h3-4,6-7,10-11,17,20,22-24,26,28,32-34H,1-2,5,8-9,12H2,(H3,29,30,31,35,36)/p+1/t17-,20+,22+,23-,24+,26+/m0/s1. The number of ether oxygens (including phenoxy) is 2. The summed E-state index contributed by atoms with van der Waals surface area (Å²) in [4.78, 5) is 12.0.